The number of nitrogens with zero attached hydrogens (tertiary/aromatic N) is 1. The minimum Gasteiger partial charge on any atom is -0.449 e. The normalized spacial score (nSPS) is 18.4. The number of rotatable bonds is 5. The Labute approximate surface area is 145 Å². The topological polar surface area (TPSA) is 75.7 Å². The van der Waals surface area contributed by atoms with Gasteiger partial charge in [-0.3, -0.25) is 9.59 Å². The molecule has 2 fully saturated rings. The number of carbonyl (C=O) groups excluding carboxylic acids is 3. The fraction of sp³-hybridized carbons (Fsp3) is 0.471. The van der Waals surface area contributed by atoms with Gasteiger partial charge in [0.15, 0.2) is 6.10 Å². The molecule has 0 bridgehead atoms. The molecule has 6 nitrogen and oxygen atoms in total. The van der Waals surface area contributed by atoms with Crippen molar-refractivity contribution in [2.24, 2.45) is 0 Å². The molecule has 128 valence electrons. The lowest BCUT2D eigenvalue weighted by Crippen LogP contribution is -2.37. The van der Waals surface area contributed by atoms with Crippen LogP contribution in [0.4, 0.5) is 5.69 Å². The molecule has 1 aromatic carbocycles. The number of benzene rings is 1. The lowest BCUT2D eigenvalue weighted by molar-refractivity contribution is -0.129. The lowest BCUT2D eigenvalue weighted by Gasteiger charge is -2.18. The minimum absolute atomic E-state index is 0.0143. The quantitative estimate of drug-likeness (QED) is 0.827. The monoisotopic (exact) mass is 350 g/mol. The van der Waals surface area contributed by atoms with Crippen LogP contribution < -0.4 is 10.2 Å². The SMILES string of the molecule is C[C@H](OC(=O)c1ccc(Cl)c(N2CCCC2=O)c1)C(=O)NC1CC1. The zero-order valence-electron chi connectivity index (χ0n) is 13.4. The highest BCUT2D eigenvalue weighted by Gasteiger charge is 2.28. The molecule has 1 aliphatic carbocycles. The van der Waals surface area contributed by atoms with Gasteiger partial charge in [-0.05, 0) is 44.4 Å². The molecule has 0 spiro atoms. The Kier molecular flexibility index (Phi) is 4.76. The summed E-state index contributed by atoms with van der Waals surface area (Å²) < 4.78 is 5.21. The first-order valence-electron chi connectivity index (χ1n) is 8.07. The van der Waals surface area contributed by atoms with E-state index in [4.69, 9.17) is 16.3 Å². The molecule has 1 heterocycles. The van der Waals surface area contributed by atoms with Gasteiger partial charge >= 0.3 is 5.97 Å². The van der Waals surface area contributed by atoms with Crippen molar-refractivity contribution in [1.82, 2.24) is 5.32 Å². The van der Waals surface area contributed by atoms with Crippen molar-refractivity contribution in [3.05, 3.63) is 28.8 Å². The largest absolute Gasteiger partial charge is 0.449 e. The Morgan fingerprint density at radius 3 is 2.75 bits per heavy atom. The predicted octanol–water partition coefficient (Wildman–Crippen LogP) is 2.29. The number of amides is 2. The van der Waals surface area contributed by atoms with E-state index in [-0.39, 0.29) is 23.4 Å². The molecule has 2 aliphatic rings. The third-order valence-electron chi connectivity index (χ3n) is 4.12. The molecule has 3 rings (SSSR count). The van der Waals surface area contributed by atoms with E-state index in [1.165, 1.54) is 13.0 Å². The molecular weight excluding hydrogens is 332 g/mol. The molecule has 1 atom stereocenters. The van der Waals surface area contributed by atoms with Crippen LogP contribution in [-0.2, 0) is 14.3 Å². The van der Waals surface area contributed by atoms with Crippen molar-refractivity contribution in [3.8, 4) is 0 Å². The van der Waals surface area contributed by atoms with Crippen molar-refractivity contribution < 1.29 is 19.1 Å². The molecular formula is C17H19ClN2O4. The third kappa shape index (κ3) is 3.70. The summed E-state index contributed by atoms with van der Waals surface area (Å²) in [5, 5.41) is 3.20. The van der Waals surface area contributed by atoms with E-state index in [2.05, 4.69) is 5.32 Å². The maximum atomic E-state index is 12.3. The van der Waals surface area contributed by atoms with Gasteiger partial charge in [0.05, 0.1) is 16.3 Å². The second kappa shape index (κ2) is 6.81. The predicted molar refractivity (Wildman–Crippen MR) is 89.1 cm³/mol. The van der Waals surface area contributed by atoms with Crippen molar-refractivity contribution >= 4 is 35.1 Å². The Morgan fingerprint density at radius 2 is 2.12 bits per heavy atom. The molecule has 1 N–H and O–H groups in total. The molecule has 24 heavy (non-hydrogen) atoms. The number of anilines is 1. The summed E-state index contributed by atoms with van der Waals surface area (Å²) in [4.78, 5) is 37.6. The molecule has 1 aliphatic heterocycles. The van der Waals surface area contributed by atoms with Gasteiger partial charge in [-0.25, -0.2) is 4.79 Å². The Bertz CT molecular complexity index is 687. The van der Waals surface area contributed by atoms with Gasteiger partial charge in [0.25, 0.3) is 5.91 Å². The third-order valence-corrected chi connectivity index (χ3v) is 4.44. The average Bonchev–Trinajstić information content (AvgIpc) is 3.26. The van der Waals surface area contributed by atoms with Crippen LogP contribution in [0.2, 0.25) is 5.02 Å². The van der Waals surface area contributed by atoms with Crippen LogP contribution in [0.3, 0.4) is 0 Å². The van der Waals surface area contributed by atoms with E-state index >= 15 is 0 Å². The zero-order valence-corrected chi connectivity index (χ0v) is 14.1. The van der Waals surface area contributed by atoms with E-state index in [1.54, 1.807) is 17.0 Å². The number of halogens is 1. The van der Waals surface area contributed by atoms with Crippen LogP contribution in [0.15, 0.2) is 18.2 Å². The number of ether oxygens (including phenoxy) is 1. The fourth-order valence-electron chi connectivity index (χ4n) is 2.58. The van der Waals surface area contributed by atoms with Crippen LogP contribution in [0.1, 0.15) is 43.0 Å². The Balaban J connectivity index is 1.70. The van der Waals surface area contributed by atoms with Crippen LogP contribution >= 0.6 is 11.6 Å². The molecule has 2 amide bonds. The standard InChI is InChI=1S/C17H19ClN2O4/c1-10(16(22)19-12-5-6-12)24-17(23)11-4-7-13(18)14(9-11)20-8-2-3-15(20)21/h4,7,9-10,12H,2-3,5-6,8H2,1H3,(H,19,22)/t10-/m0/s1. The summed E-state index contributed by atoms with van der Waals surface area (Å²) in [5.74, 6) is -0.924. The average molecular weight is 351 g/mol. The van der Waals surface area contributed by atoms with Gasteiger partial charge in [-0.1, -0.05) is 11.6 Å². The smallest absolute Gasteiger partial charge is 0.338 e. The number of hydrogen-bond acceptors (Lipinski definition) is 4. The van der Waals surface area contributed by atoms with Crippen LogP contribution in [0.25, 0.3) is 0 Å². The van der Waals surface area contributed by atoms with Gasteiger partial charge in [0.1, 0.15) is 0 Å². The molecule has 1 aromatic rings. The molecule has 1 saturated heterocycles. The van der Waals surface area contributed by atoms with Crippen molar-refractivity contribution in [2.75, 3.05) is 11.4 Å². The summed E-state index contributed by atoms with van der Waals surface area (Å²) in [6.07, 6.45) is 2.31. The second-order valence-corrected chi connectivity index (χ2v) is 6.55. The highest BCUT2D eigenvalue weighted by atomic mass is 35.5. The van der Waals surface area contributed by atoms with Gasteiger partial charge in [0.2, 0.25) is 5.91 Å². The van der Waals surface area contributed by atoms with Gasteiger partial charge in [-0.15, -0.1) is 0 Å². The molecule has 0 unspecified atom stereocenters. The lowest BCUT2D eigenvalue weighted by atomic mass is 10.2. The molecule has 7 heteroatoms. The number of carbonyl (C=O) groups is 3. The van der Waals surface area contributed by atoms with E-state index < -0.39 is 12.1 Å². The molecule has 0 aromatic heterocycles. The Morgan fingerprint density at radius 1 is 1.38 bits per heavy atom. The van der Waals surface area contributed by atoms with E-state index in [9.17, 15) is 14.4 Å². The van der Waals surface area contributed by atoms with Gasteiger partial charge < -0.3 is 15.0 Å². The summed E-state index contributed by atoms with van der Waals surface area (Å²) in [7, 11) is 0. The first-order chi connectivity index (χ1) is 11.5. The maximum absolute atomic E-state index is 12.3. The highest BCUT2D eigenvalue weighted by Crippen LogP contribution is 2.30. The van der Waals surface area contributed by atoms with Crippen LogP contribution in [0, 0.1) is 0 Å². The first kappa shape index (κ1) is 16.8. The summed E-state index contributed by atoms with van der Waals surface area (Å²) in [6, 6.07) is 4.84. The van der Waals surface area contributed by atoms with Crippen molar-refractivity contribution in [1.29, 1.82) is 0 Å². The number of hydrogen-bond donors (Lipinski definition) is 1. The second-order valence-electron chi connectivity index (χ2n) is 6.15. The van der Waals surface area contributed by atoms with Crippen molar-refractivity contribution in [3.63, 3.8) is 0 Å². The number of nitrogens with one attached hydrogen (secondary N) is 1. The first-order valence-corrected chi connectivity index (χ1v) is 8.45. The van der Waals surface area contributed by atoms with Crippen molar-refractivity contribution in [2.45, 2.75) is 44.8 Å². The summed E-state index contributed by atoms with van der Waals surface area (Å²) in [5.41, 5.74) is 0.767. The summed E-state index contributed by atoms with van der Waals surface area (Å²) >= 11 is 6.16. The zero-order chi connectivity index (χ0) is 17.3. The van der Waals surface area contributed by atoms with Gasteiger partial charge in [-0.2, -0.15) is 0 Å². The number of esters is 1. The van der Waals surface area contributed by atoms with Crippen LogP contribution in [-0.4, -0.2) is 36.5 Å². The van der Waals surface area contributed by atoms with E-state index in [0.29, 0.717) is 23.7 Å². The summed E-state index contributed by atoms with van der Waals surface area (Å²) in [6.45, 7) is 2.12. The highest BCUT2D eigenvalue weighted by molar-refractivity contribution is 6.34. The van der Waals surface area contributed by atoms with E-state index in [1.807, 2.05) is 0 Å². The van der Waals surface area contributed by atoms with Crippen LogP contribution in [0.5, 0.6) is 0 Å². The fourth-order valence-corrected chi connectivity index (χ4v) is 2.80. The molecule has 1 saturated carbocycles. The molecule has 0 radical (unpaired) electrons. The maximum Gasteiger partial charge on any atom is 0.338 e. The van der Waals surface area contributed by atoms with Gasteiger partial charge in [0, 0.05) is 19.0 Å². The Hall–Kier alpha value is -2.08. The minimum atomic E-state index is -0.870. The van der Waals surface area contributed by atoms with E-state index in [0.717, 1.165) is 19.3 Å².